The summed E-state index contributed by atoms with van der Waals surface area (Å²) in [6, 6.07) is 12.9. The predicted molar refractivity (Wildman–Crippen MR) is 94.3 cm³/mol. The summed E-state index contributed by atoms with van der Waals surface area (Å²) in [6.07, 6.45) is 1.42. The topological polar surface area (TPSA) is 55.1 Å². The number of aryl methyl sites for hydroxylation is 1. The van der Waals surface area contributed by atoms with E-state index in [2.05, 4.69) is 10.5 Å². The Bertz CT molecular complexity index is 873. The molecule has 4 nitrogen and oxygen atoms in total. The van der Waals surface area contributed by atoms with Crippen LogP contribution in [0.3, 0.4) is 0 Å². The molecule has 1 amide bonds. The Hall–Kier alpha value is -2.30. The largest absolute Gasteiger partial charge is 0.355 e. The second-order valence-corrected chi connectivity index (χ2v) is 6.18. The molecule has 6 heteroatoms. The molecule has 1 aromatic heterocycles. The number of hydrogen-bond acceptors (Lipinski definition) is 3. The lowest BCUT2D eigenvalue weighted by Gasteiger charge is -2.06. The summed E-state index contributed by atoms with van der Waals surface area (Å²) in [5.41, 5.74) is 3.17. The predicted octanol–water partition coefficient (Wildman–Crippen LogP) is 4.89. The van der Waals surface area contributed by atoms with E-state index < -0.39 is 0 Å². The lowest BCUT2D eigenvalue weighted by molar-refractivity contribution is 0.0951. The van der Waals surface area contributed by atoms with Gasteiger partial charge in [-0.3, -0.25) is 4.79 Å². The first-order chi connectivity index (χ1) is 11.5. The number of aromatic nitrogens is 1. The monoisotopic (exact) mass is 360 g/mol. The van der Waals surface area contributed by atoms with Crippen molar-refractivity contribution in [2.24, 2.45) is 0 Å². The van der Waals surface area contributed by atoms with Gasteiger partial charge >= 0.3 is 0 Å². The van der Waals surface area contributed by atoms with Crippen molar-refractivity contribution in [3.8, 4) is 11.3 Å². The summed E-state index contributed by atoms with van der Waals surface area (Å²) in [7, 11) is 0. The first-order valence-electron chi connectivity index (χ1n) is 7.28. The number of nitrogens with zero attached hydrogens (tertiary/aromatic N) is 1. The molecule has 0 saturated heterocycles. The molecule has 0 saturated carbocycles. The van der Waals surface area contributed by atoms with E-state index >= 15 is 0 Å². The summed E-state index contributed by atoms with van der Waals surface area (Å²) >= 11 is 11.9. The number of carbonyl (C=O) groups is 1. The zero-order valence-corrected chi connectivity index (χ0v) is 14.4. The highest BCUT2D eigenvalue weighted by molar-refractivity contribution is 6.42. The molecular weight excluding hydrogens is 347 g/mol. The minimum Gasteiger partial charge on any atom is -0.355 e. The fourth-order valence-electron chi connectivity index (χ4n) is 2.24. The van der Waals surface area contributed by atoms with Crippen molar-refractivity contribution in [2.75, 3.05) is 0 Å². The fourth-order valence-corrected chi connectivity index (χ4v) is 2.56. The van der Waals surface area contributed by atoms with Gasteiger partial charge in [0, 0.05) is 12.1 Å². The first kappa shape index (κ1) is 16.6. The summed E-state index contributed by atoms with van der Waals surface area (Å²) < 4.78 is 5.25. The molecule has 0 radical (unpaired) electrons. The van der Waals surface area contributed by atoms with Crippen LogP contribution < -0.4 is 5.32 Å². The van der Waals surface area contributed by atoms with Crippen LogP contribution in [-0.2, 0) is 6.54 Å². The number of hydrogen-bond donors (Lipinski definition) is 1. The van der Waals surface area contributed by atoms with E-state index in [0.717, 1.165) is 16.7 Å². The second-order valence-electron chi connectivity index (χ2n) is 5.37. The van der Waals surface area contributed by atoms with Crippen molar-refractivity contribution in [3.05, 3.63) is 75.4 Å². The van der Waals surface area contributed by atoms with Gasteiger partial charge in [0.25, 0.3) is 5.91 Å². The van der Waals surface area contributed by atoms with E-state index in [0.29, 0.717) is 27.9 Å². The maximum absolute atomic E-state index is 12.4. The first-order valence-corrected chi connectivity index (χ1v) is 8.04. The fraction of sp³-hybridized carbons (Fsp3) is 0.111. The molecule has 0 spiro atoms. The maximum Gasteiger partial charge on any atom is 0.257 e. The molecule has 0 aliphatic rings. The molecule has 1 heterocycles. The summed E-state index contributed by atoms with van der Waals surface area (Å²) in [4.78, 5) is 12.4. The SMILES string of the molecule is Cc1ccc(-c2oncc2C(=O)NCc2ccc(Cl)c(Cl)c2)cc1. The minimum atomic E-state index is -0.266. The van der Waals surface area contributed by atoms with Gasteiger partial charge < -0.3 is 9.84 Å². The van der Waals surface area contributed by atoms with Gasteiger partial charge in [-0.1, -0.05) is 64.3 Å². The third-order valence-corrected chi connectivity index (χ3v) is 4.30. The highest BCUT2D eigenvalue weighted by Gasteiger charge is 2.17. The zero-order chi connectivity index (χ0) is 17.1. The normalized spacial score (nSPS) is 10.6. The summed E-state index contributed by atoms with van der Waals surface area (Å²) in [5.74, 6) is 0.180. The van der Waals surface area contributed by atoms with Crippen molar-refractivity contribution in [3.63, 3.8) is 0 Å². The third kappa shape index (κ3) is 3.61. The van der Waals surface area contributed by atoms with Crippen molar-refractivity contribution < 1.29 is 9.32 Å². The van der Waals surface area contributed by atoms with Crippen molar-refractivity contribution >= 4 is 29.1 Å². The van der Waals surface area contributed by atoms with Crippen LogP contribution in [-0.4, -0.2) is 11.1 Å². The molecule has 3 aromatic rings. The van der Waals surface area contributed by atoms with Gasteiger partial charge in [0.2, 0.25) is 0 Å². The van der Waals surface area contributed by atoms with Gasteiger partial charge in [0.1, 0.15) is 5.56 Å². The average Bonchev–Trinajstić information content (AvgIpc) is 3.06. The highest BCUT2D eigenvalue weighted by Crippen LogP contribution is 2.25. The van der Waals surface area contributed by atoms with E-state index in [1.165, 1.54) is 6.20 Å². The van der Waals surface area contributed by atoms with E-state index in [4.69, 9.17) is 27.7 Å². The van der Waals surface area contributed by atoms with Gasteiger partial charge in [-0.25, -0.2) is 0 Å². The van der Waals surface area contributed by atoms with E-state index in [-0.39, 0.29) is 5.91 Å². The zero-order valence-electron chi connectivity index (χ0n) is 12.8. The minimum absolute atomic E-state index is 0.266. The van der Waals surface area contributed by atoms with Crippen molar-refractivity contribution in [1.82, 2.24) is 10.5 Å². The van der Waals surface area contributed by atoms with Crippen LogP contribution >= 0.6 is 23.2 Å². The molecule has 24 heavy (non-hydrogen) atoms. The van der Waals surface area contributed by atoms with Crippen LogP contribution in [0.2, 0.25) is 10.0 Å². The summed E-state index contributed by atoms with van der Waals surface area (Å²) in [6.45, 7) is 2.32. The molecule has 1 N–H and O–H groups in total. The quantitative estimate of drug-likeness (QED) is 0.720. The van der Waals surface area contributed by atoms with Gasteiger partial charge in [-0.05, 0) is 24.6 Å². The molecular formula is C18H14Cl2N2O2. The van der Waals surface area contributed by atoms with Gasteiger partial charge in [0.15, 0.2) is 5.76 Å². The molecule has 3 rings (SSSR count). The molecule has 0 bridgehead atoms. The Morgan fingerprint density at radius 3 is 2.58 bits per heavy atom. The number of amides is 1. The Morgan fingerprint density at radius 2 is 1.88 bits per heavy atom. The third-order valence-electron chi connectivity index (χ3n) is 3.57. The Labute approximate surface area is 149 Å². The number of rotatable bonds is 4. The van der Waals surface area contributed by atoms with Gasteiger partial charge in [0.05, 0.1) is 16.2 Å². The van der Waals surface area contributed by atoms with E-state index in [9.17, 15) is 4.79 Å². The van der Waals surface area contributed by atoms with Crippen LogP contribution in [0.15, 0.2) is 53.2 Å². The van der Waals surface area contributed by atoms with Crippen LogP contribution in [0.1, 0.15) is 21.5 Å². The Morgan fingerprint density at radius 1 is 1.12 bits per heavy atom. The number of benzene rings is 2. The molecule has 0 fully saturated rings. The van der Waals surface area contributed by atoms with Crippen LogP contribution in [0.5, 0.6) is 0 Å². The average molecular weight is 361 g/mol. The molecule has 0 aliphatic carbocycles. The van der Waals surface area contributed by atoms with E-state index in [1.54, 1.807) is 12.1 Å². The second kappa shape index (κ2) is 7.07. The number of nitrogens with one attached hydrogen (secondary N) is 1. The Balaban J connectivity index is 1.75. The van der Waals surface area contributed by atoms with Crippen LogP contribution in [0, 0.1) is 6.92 Å². The number of halogens is 2. The molecule has 122 valence electrons. The van der Waals surface area contributed by atoms with E-state index in [1.807, 2.05) is 37.3 Å². The van der Waals surface area contributed by atoms with Crippen LogP contribution in [0.4, 0.5) is 0 Å². The lowest BCUT2D eigenvalue weighted by Crippen LogP contribution is -2.22. The number of carbonyl (C=O) groups excluding carboxylic acids is 1. The molecule has 0 aliphatic heterocycles. The van der Waals surface area contributed by atoms with Crippen LogP contribution in [0.25, 0.3) is 11.3 Å². The highest BCUT2D eigenvalue weighted by atomic mass is 35.5. The van der Waals surface area contributed by atoms with Gasteiger partial charge in [-0.2, -0.15) is 0 Å². The molecule has 2 aromatic carbocycles. The lowest BCUT2D eigenvalue weighted by atomic mass is 10.1. The smallest absolute Gasteiger partial charge is 0.257 e. The maximum atomic E-state index is 12.4. The Kier molecular flexibility index (Phi) is 4.88. The standard InChI is InChI=1S/C18H14Cl2N2O2/c1-11-2-5-13(6-3-11)17-14(10-22-24-17)18(23)21-9-12-4-7-15(19)16(20)8-12/h2-8,10H,9H2,1H3,(H,21,23). The summed E-state index contributed by atoms with van der Waals surface area (Å²) in [5, 5.41) is 7.51. The molecule has 0 unspecified atom stereocenters. The van der Waals surface area contributed by atoms with Crippen molar-refractivity contribution in [1.29, 1.82) is 0 Å². The van der Waals surface area contributed by atoms with Gasteiger partial charge in [-0.15, -0.1) is 0 Å². The molecule has 0 atom stereocenters. The van der Waals surface area contributed by atoms with Crippen molar-refractivity contribution in [2.45, 2.75) is 13.5 Å².